The Balaban J connectivity index is 2.39. The number of carbonyl (C=O) groups is 1. The van der Waals surface area contributed by atoms with Crippen molar-refractivity contribution in [3.63, 3.8) is 0 Å². The molecule has 0 radical (unpaired) electrons. The number of hydrogen-bond donors (Lipinski definition) is 1. The first-order valence-electron chi connectivity index (χ1n) is 6.00. The highest BCUT2D eigenvalue weighted by Crippen LogP contribution is 2.23. The number of hydrogen-bond acceptors (Lipinski definition) is 2. The van der Waals surface area contributed by atoms with E-state index in [4.69, 9.17) is 4.74 Å². The lowest BCUT2D eigenvalue weighted by Gasteiger charge is -2.03. The Morgan fingerprint density at radius 2 is 2.06 bits per heavy atom. The van der Waals surface area contributed by atoms with Gasteiger partial charge in [-0.2, -0.15) is 0 Å². The third-order valence-electron chi connectivity index (χ3n) is 2.88. The molecule has 2 aromatic rings. The van der Waals surface area contributed by atoms with E-state index < -0.39 is 0 Å². The molecule has 0 amide bonds. The van der Waals surface area contributed by atoms with Crippen LogP contribution in [0.3, 0.4) is 0 Å². The number of esters is 1. The summed E-state index contributed by atoms with van der Waals surface area (Å²) in [6.45, 7) is 4.34. The quantitative estimate of drug-likeness (QED) is 0.822. The van der Waals surface area contributed by atoms with Crippen LogP contribution in [0.5, 0.6) is 0 Å². The lowest BCUT2D eigenvalue weighted by Crippen LogP contribution is -2.08. The summed E-state index contributed by atoms with van der Waals surface area (Å²) in [5.74, 6) is -0.160. The predicted octanol–water partition coefficient (Wildman–Crippen LogP) is 2.84. The van der Waals surface area contributed by atoms with Crippen molar-refractivity contribution < 1.29 is 9.53 Å². The average Bonchev–Trinajstić information content (AvgIpc) is 2.68. The highest BCUT2D eigenvalue weighted by atomic mass is 16.5. The summed E-state index contributed by atoms with van der Waals surface area (Å²) in [6, 6.07) is 8.05. The van der Waals surface area contributed by atoms with Crippen molar-refractivity contribution in [3.05, 3.63) is 35.5 Å². The summed E-state index contributed by atoms with van der Waals surface area (Å²) in [5.41, 5.74) is 3.28. The molecule has 0 unspecified atom stereocenters. The molecule has 1 aromatic carbocycles. The number of aromatic amines is 1. The average molecular weight is 231 g/mol. The number of nitrogens with one attached hydrogen (secondary N) is 1. The fourth-order valence-corrected chi connectivity index (χ4v) is 2.12. The second kappa shape index (κ2) is 5.04. The molecule has 3 nitrogen and oxygen atoms in total. The Morgan fingerprint density at radius 1 is 1.29 bits per heavy atom. The summed E-state index contributed by atoms with van der Waals surface area (Å²) in [7, 11) is 0. The van der Waals surface area contributed by atoms with Crippen molar-refractivity contribution in [3.8, 4) is 0 Å². The van der Waals surface area contributed by atoms with E-state index in [1.54, 1.807) is 0 Å². The molecule has 0 saturated carbocycles. The van der Waals surface area contributed by atoms with Crippen LogP contribution in [0.15, 0.2) is 24.3 Å². The molecule has 1 aromatic heterocycles. The lowest BCUT2D eigenvalue weighted by atomic mass is 10.1. The number of rotatable bonds is 4. The SMILES string of the molecule is CCOC(=O)Cc1c(CC)[nH]c2ccccc12. The van der Waals surface area contributed by atoms with Crippen LogP contribution in [-0.4, -0.2) is 17.6 Å². The summed E-state index contributed by atoms with van der Waals surface area (Å²) in [6.07, 6.45) is 1.24. The second-order valence-electron chi connectivity index (χ2n) is 3.96. The minimum absolute atomic E-state index is 0.160. The van der Waals surface area contributed by atoms with Crippen molar-refractivity contribution in [1.29, 1.82) is 0 Å². The third-order valence-corrected chi connectivity index (χ3v) is 2.88. The van der Waals surface area contributed by atoms with E-state index in [2.05, 4.69) is 11.9 Å². The van der Waals surface area contributed by atoms with Gasteiger partial charge in [-0.15, -0.1) is 0 Å². The third kappa shape index (κ3) is 2.33. The van der Waals surface area contributed by atoms with E-state index in [0.717, 1.165) is 28.6 Å². The minimum Gasteiger partial charge on any atom is -0.466 e. The minimum atomic E-state index is -0.160. The zero-order chi connectivity index (χ0) is 12.3. The molecule has 0 atom stereocenters. The predicted molar refractivity (Wildman–Crippen MR) is 68.0 cm³/mol. The van der Waals surface area contributed by atoms with Gasteiger partial charge >= 0.3 is 5.97 Å². The first-order valence-corrected chi connectivity index (χ1v) is 6.00. The molecule has 3 heteroatoms. The maximum Gasteiger partial charge on any atom is 0.310 e. The van der Waals surface area contributed by atoms with Crippen LogP contribution >= 0.6 is 0 Å². The first-order chi connectivity index (χ1) is 8.26. The molecule has 2 rings (SSSR count). The normalized spacial score (nSPS) is 10.7. The number of H-pyrrole nitrogens is 1. The Morgan fingerprint density at radius 3 is 2.76 bits per heavy atom. The number of aryl methyl sites for hydroxylation is 1. The van der Waals surface area contributed by atoms with Gasteiger partial charge in [0.05, 0.1) is 13.0 Å². The van der Waals surface area contributed by atoms with Crippen molar-refractivity contribution in [2.45, 2.75) is 26.7 Å². The van der Waals surface area contributed by atoms with Crippen molar-refractivity contribution >= 4 is 16.9 Å². The van der Waals surface area contributed by atoms with Crippen LogP contribution < -0.4 is 0 Å². The van der Waals surface area contributed by atoms with Crippen LogP contribution in [0.1, 0.15) is 25.1 Å². The molecule has 0 bridgehead atoms. The summed E-state index contributed by atoms with van der Waals surface area (Å²) < 4.78 is 5.01. The summed E-state index contributed by atoms with van der Waals surface area (Å²) in [4.78, 5) is 14.9. The van der Waals surface area contributed by atoms with E-state index in [9.17, 15) is 4.79 Å². The fraction of sp³-hybridized carbons (Fsp3) is 0.357. The Bertz CT molecular complexity index is 528. The van der Waals surface area contributed by atoms with E-state index in [0.29, 0.717) is 13.0 Å². The van der Waals surface area contributed by atoms with Crippen molar-refractivity contribution in [1.82, 2.24) is 4.98 Å². The molecule has 0 fully saturated rings. The number of ether oxygens (including phenoxy) is 1. The molecule has 1 N–H and O–H groups in total. The van der Waals surface area contributed by atoms with E-state index in [-0.39, 0.29) is 5.97 Å². The number of para-hydroxylation sites is 1. The molecular weight excluding hydrogens is 214 g/mol. The van der Waals surface area contributed by atoms with Gasteiger partial charge in [0.15, 0.2) is 0 Å². The molecule has 90 valence electrons. The van der Waals surface area contributed by atoms with Crippen LogP contribution in [0.4, 0.5) is 0 Å². The Labute approximate surface area is 101 Å². The lowest BCUT2D eigenvalue weighted by molar-refractivity contribution is -0.142. The Hall–Kier alpha value is -1.77. The molecule has 0 saturated heterocycles. The maximum atomic E-state index is 11.6. The highest BCUT2D eigenvalue weighted by Gasteiger charge is 2.13. The summed E-state index contributed by atoms with van der Waals surface area (Å²) in [5, 5.41) is 1.12. The van der Waals surface area contributed by atoms with Crippen LogP contribution in [-0.2, 0) is 22.4 Å². The van der Waals surface area contributed by atoms with Crippen LogP contribution in [0.25, 0.3) is 10.9 Å². The monoisotopic (exact) mass is 231 g/mol. The smallest absolute Gasteiger partial charge is 0.310 e. The largest absolute Gasteiger partial charge is 0.466 e. The fourth-order valence-electron chi connectivity index (χ4n) is 2.12. The first kappa shape index (κ1) is 11.7. The number of fused-ring (bicyclic) bond motifs is 1. The van der Waals surface area contributed by atoms with Gasteiger partial charge in [0, 0.05) is 16.6 Å². The molecule has 0 aliphatic rings. The van der Waals surface area contributed by atoms with E-state index in [1.165, 1.54) is 0 Å². The van der Waals surface area contributed by atoms with Gasteiger partial charge in [-0.05, 0) is 25.0 Å². The van der Waals surface area contributed by atoms with Crippen molar-refractivity contribution in [2.24, 2.45) is 0 Å². The second-order valence-corrected chi connectivity index (χ2v) is 3.96. The zero-order valence-electron chi connectivity index (χ0n) is 10.2. The van der Waals surface area contributed by atoms with Crippen LogP contribution in [0.2, 0.25) is 0 Å². The topological polar surface area (TPSA) is 42.1 Å². The van der Waals surface area contributed by atoms with Crippen LogP contribution in [0, 0.1) is 0 Å². The molecule has 0 spiro atoms. The van der Waals surface area contributed by atoms with Gasteiger partial charge in [-0.25, -0.2) is 0 Å². The van der Waals surface area contributed by atoms with E-state index in [1.807, 2.05) is 31.2 Å². The highest BCUT2D eigenvalue weighted by molar-refractivity contribution is 5.88. The molecule has 1 heterocycles. The van der Waals surface area contributed by atoms with Gasteiger partial charge in [0.1, 0.15) is 0 Å². The van der Waals surface area contributed by atoms with Gasteiger partial charge < -0.3 is 9.72 Å². The number of carbonyl (C=O) groups excluding carboxylic acids is 1. The van der Waals surface area contributed by atoms with Gasteiger partial charge in [-0.3, -0.25) is 4.79 Å². The van der Waals surface area contributed by atoms with Gasteiger partial charge in [0.2, 0.25) is 0 Å². The molecule has 0 aliphatic carbocycles. The molecular formula is C14H17NO2. The maximum absolute atomic E-state index is 11.6. The van der Waals surface area contributed by atoms with Gasteiger partial charge in [0.25, 0.3) is 0 Å². The molecule has 17 heavy (non-hydrogen) atoms. The molecule has 0 aliphatic heterocycles. The summed E-state index contributed by atoms with van der Waals surface area (Å²) >= 11 is 0. The number of benzene rings is 1. The van der Waals surface area contributed by atoms with Gasteiger partial charge in [-0.1, -0.05) is 25.1 Å². The standard InChI is InChI=1S/C14H17NO2/c1-3-12-11(9-14(16)17-4-2)10-7-5-6-8-13(10)15-12/h5-8,15H,3-4,9H2,1-2H3. The number of aromatic nitrogens is 1. The zero-order valence-corrected chi connectivity index (χ0v) is 10.2. The van der Waals surface area contributed by atoms with Crippen molar-refractivity contribution in [2.75, 3.05) is 6.61 Å². The Kier molecular flexibility index (Phi) is 3.47. The van der Waals surface area contributed by atoms with E-state index >= 15 is 0 Å².